The Morgan fingerprint density at radius 3 is 2.20 bits per heavy atom. The van der Waals surface area contributed by atoms with E-state index in [2.05, 4.69) is 10.2 Å². The van der Waals surface area contributed by atoms with Gasteiger partial charge in [-0.2, -0.15) is 0 Å². The first kappa shape index (κ1) is 18.8. The van der Waals surface area contributed by atoms with Crippen LogP contribution in [0.4, 0.5) is 10.1 Å². The van der Waals surface area contributed by atoms with Gasteiger partial charge in [-0.3, -0.25) is 9.59 Å². The Balaban J connectivity index is 1.08. The number of hydrogen-bond donors (Lipinski definition) is 1. The number of hydrogen-bond acceptors (Lipinski definition) is 2. The molecule has 160 valence electrons. The lowest BCUT2D eigenvalue weighted by Gasteiger charge is -2.57. The average Bonchev–Trinajstić information content (AvgIpc) is 3.40. The van der Waals surface area contributed by atoms with Crippen molar-refractivity contribution in [1.29, 1.82) is 0 Å². The number of nitrogens with one attached hydrogen (secondary N) is 1. The minimum absolute atomic E-state index is 0.00135. The quantitative estimate of drug-likeness (QED) is 0.791. The Labute approximate surface area is 177 Å². The van der Waals surface area contributed by atoms with E-state index in [4.69, 9.17) is 0 Å². The summed E-state index contributed by atoms with van der Waals surface area (Å²) in [5.41, 5.74) is 0.517. The average molecular weight is 411 g/mol. The van der Waals surface area contributed by atoms with Crippen LogP contribution >= 0.6 is 0 Å². The first-order valence-corrected chi connectivity index (χ1v) is 11.8. The van der Waals surface area contributed by atoms with Crippen molar-refractivity contribution in [2.24, 2.45) is 34.5 Å². The highest BCUT2D eigenvalue weighted by Crippen LogP contribution is 2.62. The second-order valence-electron chi connectivity index (χ2n) is 11.1. The van der Waals surface area contributed by atoms with E-state index >= 15 is 0 Å². The van der Waals surface area contributed by atoms with Crippen LogP contribution in [0.1, 0.15) is 57.8 Å². The third-order valence-corrected chi connectivity index (χ3v) is 9.14. The van der Waals surface area contributed by atoms with Gasteiger partial charge in [0.2, 0.25) is 11.8 Å². The zero-order valence-corrected chi connectivity index (χ0v) is 17.5. The number of anilines is 1. The van der Waals surface area contributed by atoms with E-state index in [1.807, 2.05) is 0 Å². The molecule has 1 spiro atoms. The second kappa shape index (κ2) is 6.54. The van der Waals surface area contributed by atoms with E-state index in [-0.39, 0.29) is 28.5 Å². The topological polar surface area (TPSA) is 49.4 Å². The van der Waals surface area contributed by atoms with Crippen molar-refractivity contribution in [2.45, 2.75) is 57.8 Å². The Kier molecular flexibility index (Phi) is 4.11. The van der Waals surface area contributed by atoms with Crippen LogP contribution in [0.5, 0.6) is 0 Å². The molecule has 0 aromatic heterocycles. The number of benzene rings is 1. The molecular formula is C25H31FN2O2. The molecule has 4 bridgehead atoms. The van der Waals surface area contributed by atoms with Crippen molar-refractivity contribution in [1.82, 2.24) is 4.90 Å². The molecule has 1 N–H and O–H groups in total. The monoisotopic (exact) mass is 410 g/mol. The molecule has 1 aromatic carbocycles. The molecule has 1 heterocycles. The first-order chi connectivity index (χ1) is 14.4. The summed E-state index contributed by atoms with van der Waals surface area (Å²) in [7, 11) is 0. The summed E-state index contributed by atoms with van der Waals surface area (Å²) in [5, 5.41) is 2.88. The zero-order valence-electron chi connectivity index (χ0n) is 17.5. The molecule has 2 amide bonds. The van der Waals surface area contributed by atoms with E-state index < -0.39 is 0 Å². The minimum Gasteiger partial charge on any atom is -0.342 e. The van der Waals surface area contributed by atoms with Crippen LogP contribution in [-0.4, -0.2) is 29.8 Å². The van der Waals surface area contributed by atoms with E-state index in [9.17, 15) is 14.0 Å². The number of amides is 2. The van der Waals surface area contributed by atoms with Crippen LogP contribution in [-0.2, 0) is 9.59 Å². The fourth-order valence-electron chi connectivity index (χ4n) is 7.93. The number of carbonyl (C=O) groups is 2. The highest BCUT2D eigenvalue weighted by Gasteiger charge is 2.60. The Bertz CT molecular complexity index is 854. The number of rotatable bonds is 3. The van der Waals surface area contributed by atoms with Gasteiger partial charge in [0, 0.05) is 24.7 Å². The van der Waals surface area contributed by atoms with Crippen molar-refractivity contribution in [2.75, 3.05) is 18.4 Å². The van der Waals surface area contributed by atoms with Gasteiger partial charge in [0.05, 0.1) is 5.41 Å². The number of nitrogens with zero attached hydrogens (tertiary/aromatic N) is 1. The van der Waals surface area contributed by atoms with Crippen LogP contribution in [0.3, 0.4) is 0 Å². The van der Waals surface area contributed by atoms with Crippen molar-refractivity contribution in [3.05, 3.63) is 30.1 Å². The number of piperidine rings is 1. The van der Waals surface area contributed by atoms with Crippen molar-refractivity contribution < 1.29 is 14.0 Å². The highest BCUT2D eigenvalue weighted by molar-refractivity contribution is 5.95. The van der Waals surface area contributed by atoms with Crippen LogP contribution in [0.25, 0.3) is 0 Å². The molecule has 6 aliphatic rings. The third-order valence-electron chi connectivity index (χ3n) is 9.14. The maximum atomic E-state index is 13.6. The van der Waals surface area contributed by atoms with Gasteiger partial charge in [-0.05, 0) is 99.2 Å². The molecule has 1 unspecified atom stereocenters. The van der Waals surface area contributed by atoms with E-state index in [0.29, 0.717) is 11.6 Å². The first-order valence-electron chi connectivity index (χ1n) is 11.8. The van der Waals surface area contributed by atoms with Crippen molar-refractivity contribution in [3.63, 3.8) is 0 Å². The van der Waals surface area contributed by atoms with Gasteiger partial charge in [0.1, 0.15) is 5.82 Å². The lowest BCUT2D eigenvalue weighted by molar-refractivity contribution is -0.159. The summed E-state index contributed by atoms with van der Waals surface area (Å²) in [6, 6.07) is 6.08. The van der Waals surface area contributed by atoms with Gasteiger partial charge in [-0.1, -0.05) is 6.07 Å². The van der Waals surface area contributed by atoms with Gasteiger partial charge >= 0.3 is 0 Å². The van der Waals surface area contributed by atoms with E-state index in [0.717, 1.165) is 69.4 Å². The number of likely N-dealkylation sites (tertiary alicyclic amines) is 1. The fourth-order valence-corrected chi connectivity index (χ4v) is 7.93. The maximum Gasteiger partial charge on any atom is 0.228 e. The van der Waals surface area contributed by atoms with E-state index in [1.165, 1.54) is 31.4 Å². The largest absolute Gasteiger partial charge is 0.342 e. The second-order valence-corrected chi connectivity index (χ2v) is 11.1. The van der Waals surface area contributed by atoms with Gasteiger partial charge in [0.15, 0.2) is 0 Å². The van der Waals surface area contributed by atoms with Gasteiger partial charge in [-0.15, -0.1) is 0 Å². The molecule has 5 heteroatoms. The lowest BCUT2D eigenvalue weighted by Crippen LogP contribution is -2.56. The standard InChI is InChI=1S/C25H31FN2O2/c26-19-2-1-3-20(11-19)27-22(29)21-15-24(21)4-6-28(7-5-24)23(30)25-12-16-8-17(13-25)10-18(9-16)14-25/h1-3,11,16-18,21H,4-10,12-15H2,(H,27,29). The molecule has 1 aliphatic heterocycles. The van der Waals surface area contributed by atoms with Crippen LogP contribution in [0.2, 0.25) is 0 Å². The summed E-state index contributed by atoms with van der Waals surface area (Å²) in [6.07, 6.45) is 10.2. The SMILES string of the molecule is O=C(Nc1cccc(F)c1)C1CC12CCN(C(=O)C13CC4CC(CC(C4)C1)C3)CC2. The number of halogens is 1. The molecule has 5 aliphatic carbocycles. The van der Waals surface area contributed by atoms with Crippen LogP contribution in [0, 0.1) is 40.3 Å². The maximum absolute atomic E-state index is 13.6. The molecule has 30 heavy (non-hydrogen) atoms. The summed E-state index contributed by atoms with van der Waals surface area (Å²) in [4.78, 5) is 28.4. The Morgan fingerprint density at radius 2 is 1.60 bits per heavy atom. The summed E-state index contributed by atoms with van der Waals surface area (Å²) >= 11 is 0. The normalized spacial score (nSPS) is 38.0. The van der Waals surface area contributed by atoms with E-state index in [1.54, 1.807) is 12.1 Å². The summed E-state index contributed by atoms with van der Waals surface area (Å²) in [5.74, 6) is 2.45. The predicted octanol–water partition coefficient (Wildman–Crippen LogP) is 4.61. The molecule has 4 nitrogen and oxygen atoms in total. The molecule has 6 fully saturated rings. The third kappa shape index (κ3) is 2.99. The van der Waals surface area contributed by atoms with Crippen molar-refractivity contribution in [3.8, 4) is 0 Å². The molecule has 0 radical (unpaired) electrons. The fraction of sp³-hybridized carbons (Fsp3) is 0.680. The summed E-state index contributed by atoms with van der Waals surface area (Å²) in [6.45, 7) is 1.59. The van der Waals surface area contributed by atoms with Crippen molar-refractivity contribution >= 4 is 17.5 Å². The molecular weight excluding hydrogens is 379 g/mol. The van der Waals surface area contributed by atoms with Gasteiger partial charge < -0.3 is 10.2 Å². The molecule has 1 atom stereocenters. The highest BCUT2D eigenvalue weighted by atomic mass is 19.1. The van der Waals surface area contributed by atoms with Gasteiger partial charge in [0.25, 0.3) is 0 Å². The smallest absolute Gasteiger partial charge is 0.228 e. The Hall–Kier alpha value is -1.91. The molecule has 1 saturated heterocycles. The number of carbonyl (C=O) groups excluding carboxylic acids is 2. The summed E-state index contributed by atoms with van der Waals surface area (Å²) < 4.78 is 13.4. The Morgan fingerprint density at radius 1 is 0.967 bits per heavy atom. The minimum atomic E-state index is -0.338. The predicted molar refractivity (Wildman–Crippen MR) is 112 cm³/mol. The van der Waals surface area contributed by atoms with Crippen LogP contribution < -0.4 is 5.32 Å². The molecule has 1 aromatic rings. The zero-order chi connectivity index (χ0) is 20.5. The van der Waals surface area contributed by atoms with Gasteiger partial charge in [-0.25, -0.2) is 4.39 Å². The molecule has 7 rings (SSSR count). The molecule has 5 saturated carbocycles. The lowest BCUT2D eigenvalue weighted by atomic mass is 9.49. The van der Waals surface area contributed by atoms with Crippen LogP contribution in [0.15, 0.2) is 24.3 Å².